The normalized spacial score (nSPS) is 17.0. The molecule has 6 atom stereocenters. The van der Waals surface area contributed by atoms with Gasteiger partial charge in [0, 0.05) is 111 Å². The molecule has 568 valence electrons. The summed E-state index contributed by atoms with van der Waals surface area (Å²) in [4.78, 5) is 143. The quantitative estimate of drug-likeness (QED) is 0.0491. The van der Waals surface area contributed by atoms with Gasteiger partial charge < -0.3 is 59.9 Å². The lowest BCUT2D eigenvalue weighted by Crippen LogP contribution is -2.60. The molecule has 4 aromatic carbocycles. The van der Waals surface area contributed by atoms with Gasteiger partial charge in [-0.05, 0) is 192 Å². The van der Waals surface area contributed by atoms with Gasteiger partial charge >= 0.3 is 18.3 Å². The lowest BCUT2D eigenvalue weighted by atomic mass is 9.85. The molecule has 0 radical (unpaired) electrons. The second kappa shape index (κ2) is 35.6. The third kappa shape index (κ3) is 20.4. The molecule has 2 saturated heterocycles. The number of aryl methyl sites for hydroxylation is 2. The molecule has 5 N–H and O–H groups in total. The van der Waals surface area contributed by atoms with Gasteiger partial charge in [-0.2, -0.15) is 32.3 Å². The molecule has 8 aromatic rings. The van der Waals surface area contributed by atoms with Crippen molar-refractivity contribution in [3.8, 4) is 0 Å². The number of hydrogen-bond donors (Lipinski definition) is 4. The molecule has 0 aliphatic carbocycles. The number of amides is 7. The van der Waals surface area contributed by atoms with Crippen LogP contribution in [0.2, 0.25) is 0 Å². The van der Waals surface area contributed by atoms with Crippen molar-refractivity contribution in [2.24, 2.45) is 31.7 Å². The van der Waals surface area contributed by atoms with Crippen molar-refractivity contribution in [2.75, 3.05) is 32.7 Å². The van der Waals surface area contributed by atoms with Gasteiger partial charge in [0.2, 0.25) is 29.5 Å². The zero-order chi connectivity index (χ0) is 77.7. The van der Waals surface area contributed by atoms with E-state index in [1.54, 1.807) is 76.9 Å². The molecular weight excluding hydrogens is 1400 g/mol. The lowest BCUT2D eigenvalue weighted by molar-refractivity contribution is -0.192. The van der Waals surface area contributed by atoms with E-state index in [-0.39, 0.29) is 79.2 Å². The number of aromatic nitrogens is 2. The number of thiophene rings is 2. The first kappa shape index (κ1) is 81.0. The monoisotopic (exact) mass is 1500 g/mol. The number of carbonyl (C=O) groups is 9. The van der Waals surface area contributed by atoms with E-state index in [1.165, 1.54) is 0 Å². The maximum atomic E-state index is 14.6. The molecule has 0 spiro atoms. The maximum absolute atomic E-state index is 14.6. The molecule has 23 nitrogen and oxygen atoms in total. The molecule has 7 amide bonds. The number of rotatable bonds is 22. The van der Waals surface area contributed by atoms with Gasteiger partial charge in [-0.1, -0.05) is 74.5 Å². The number of benzene rings is 4. The lowest BCUT2D eigenvalue weighted by Gasteiger charge is -2.37. The molecule has 12 rings (SSSR count). The first-order valence-electron chi connectivity index (χ1n) is 36.5. The molecule has 4 aliphatic rings. The Hall–Kier alpha value is -10.1. The minimum atomic E-state index is -1.38. The minimum Gasteiger partial charge on any atom is -0.444 e. The topological polar surface area (TPSA) is 291 Å². The summed E-state index contributed by atoms with van der Waals surface area (Å²) in [6, 6.07) is 30.1. The van der Waals surface area contributed by atoms with E-state index in [9.17, 15) is 43.2 Å². The molecule has 25 heteroatoms. The molecule has 4 aromatic heterocycles. The standard InChI is InChI=1S/C41H49N5O6S.C31H32N4O3S.C9H19NO2.CO2/c1-7-41(5,43-39(51)52-40(2,3)4)38(50)42-31(21-29-24-44(6)32-14-9-8-13-30(29)32)34(47)22-28-20-27-12-10-15-33(45-18-11-16-35(45)48)36(27)46(37(28)49)23-26-17-19-53-25-26;1-33-18-23(24-7-2-3-8-26(24)33)15-25(32)28(36)16-22-14-21-6-4-9-27(34-12-5-10-29(34)37)30(21)35(31(22)38)17-20-11-13-39-19-20;1-6-7(2)10-8(11)12-9(3,4)5;2-1-3/h8-10,12-15,17,19,24-25,28,31H,7,11,16,18,20-23H2,1-6H3,(H,42,50)(H,43,51);2-4,6-9,11,13,18-19,22,25H,5,10,12,14-17,32H2,1H3;7H,6H2,1-5H3,(H,10,11);/t28?,31-,41-;22?,25-;7-;/m111./s1. The fraction of sp³-hybridized carbons (Fsp3) is 0.439. The van der Waals surface area contributed by atoms with Crippen LogP contribution in [0.25, 0.3) is 21.8 Å². The van der Waals surface area contributed by atoms with E-state index in [4.69, 9.17) is 24.8 Å². The van der Waals surface area contributed by atoms with Crippen LogP contribution in [-0.4, -0.2) is 117 Å². The molecule has 107 heavy (non-hydrogen) atoms. The highest BCUT2D eigenvalue weighted by molar-refractivity contribution is 7.08. The first-order chi connectivity index (χ1) is 50.8. The summed E-state index contributed by atoms with van der Waals surface area (Å²) in [6.07, 6.45) is 8.26. The van der Waals surface area contributed by atoms with Gasteiger partial charge in [0.05, 0.1) is 47.9 Å². The Bertz CT molecular complexity index is 4560. The predicted molar refractivity (Wildman–Crippen MR) is 416 cm³/mol. The van der Waals surface area contributed by atoms with E-state index >= 15 is 0 Å². The molecule has 8 heterocycles. The Labute approximate surface area is 633 Å². The van der Waals surface area contributed by atoms with Gasteiger partial charge in [-0.15, -0.1) is 0 Å². The van der Waals surface area contributed by atoms with Crippen molar-refractivity contribution in [1.29, 1.82) is 0 Å². The van der Waals surface area contributed by atoms with E-state index in [0.29, 0.717) is 58.3 Å². The first-order valence-corrected chi connectivity index (χ1v) is 38.4. The van der Waals surface area contributed by atoms with Crippen molar-refractivity contribution in [2.45, 2.75) is 194 Å². The average Bonchev–Trinajstić information content (AvgIpc) is 0.992. The Balaban J connectivity index is 0.000000213. The molecule has 0 saturated carbocycles. The zero-order valence-corrected chi connectivity index (χ0v) is 64.9. The summed E-state index contributed by atoms with van der Waals surface area (Å²) in [6.45, 7) is 20.1. The second-order valence-electron chi connectivity index (χ2n) is 30.1. The summed E-state index contributed by atoms with van der Waals surface area (Å²) < 4.78 is 14.6. The molecule has 4 aliphatic heterocycles. The number of ketones is 2. The van der Waals surface area contributed by atoms with Crippen LogP contribution in [0.4, 0.5) is 32.3 Å². The van der Waals surface area contributed by atoms with Gasteiger partial charge in [-0.3, -0.25) is 33.6 Å². The molecule has 0 bridgehead atoms. The number of anilines is 4. The third-order valence-electron chi connectivity index (χ3n) is 19.7. The minimum absolute atomic E-state index is 0.0332. The Morgan fingerprint density at radius 2 is 1.05 bits per heavy atom. The summed E-state index contributed by atoms with van der Waals surface area (Å²) in [5.74, 6) is -2.27. The average molecular weight is 1500 g/mol. The number of para-hydroxylation sites is 4. The third-order valence-corrected chi connectivity index (χ3v) is 21.1. The highest BCUT2D eigenvalue weighted by atomic mass is 32.1. The number of hydrogen-bond acceptors (Lipinski definition) is 16. The summed E-state index contributed by atoms with van der Waals surface area (Å²) in [5.41, 5.74) is 14.8. The van der Waals surface area contributed by atoms with Crippen molar-refractivity contribution in [1.82, 2.24) is 25.1 Å². The van der Waals surface area contributed by atoms with Crippen LogP contribution >= 0.6 is 22.7 Å². The van der Waals surface area contributed by atoms with Gasteiger partial charge in [0.1, 0.15) is 16.7 Å². The summed E-state index contributed by atoms with van der Waals surface area (Å²) in [7, 11) is 3.92. The predicted octanol–water partition coefficient (Wildman–Crippen LogP) is 12.8. The fourth-order valence-corrected chi connectivity index (χ4v) is 15.3. The number of nitrogens with one attached hydrogen (secondary N) is 3. The highest BCUT2D eigenvalue weighted by Crippen LogP contribution is 2.44. The molecule has 2 unspecified atom stereocenters. The maximum Gasteiger partial charge on any atom is 0.408 e. The van der Waals surface area contributed by atoms with Crippen LogP contribution in [0.3, 0.4) is 0 Å². The number of alkyl carbamates (subject to hydrolysis) is 2. The second-order valence-corrected chi connectivity index (χ2v) is 31.6. The van der Waals surface area contributed by atoms with Crippen LogP contribution in [-0.2, 0) is 105 Å². The van der Waals surface area contributed by atoms with E-state index in [2.05, 4.69) is 32.7 Å². The van der Waals surface area contributed by atoms with Crippen LogP contribution in [0.1, 0.15) is 154 Å². The van der Waals surface area contributed by atoms with Gasteiger partial charge in [0.25, 0.3) is 0 Å². The van der Waals surface area contributed by atoms with Crippen LogP contribution < -0.4 is 41.3 Å². The van der Waals surface area contributed by atoms with E-state index in [1.807, 2.05) is 172 Å². The van der Waals surface area contributed by atoms with Crippen LogP contribution in [0, 0.1) is 11.8 Å². The van der Waals surface area contributed by atoms with Gasteiger partial charge in [0.15, 0.2) is 11.6 Å². The summed E-state index contributed by atoms with van der Waals surface area (Å²) in [5, 5.41) is 18.5. The van der Waals surface area contributed by atoms with Crippen molar-refractivity contribution >= 4 is 127 Å². The fourth-order valence-electron chi connectivity index (χ4n) is 14.0. The number of Topliss-reactive ketones (excluding diaryl/α,β-unsaturated/α-hetero) is 2. The van der Waals surface area contributed by atoms with E-state index < -0.39 is 52.7 Å². The van der Waals surface area contributed by atoms with Crippen molar-refractivity contribution in [3.05, 3.63) is 164 Å². The smallest absolute Gasteiger partial charge is 0.408 e. The zero-order valence-electron chi connectivity index (χ0n) is 63.3. The summed E-state index contributed by atoms with van der Waals surface area (Å²) >= 11 is 3.13. The molecular formula is C82H100N10O13S2. The number of carbonyl (C=O) groups excluding carboxylic acids is 11. The van der Waals surface area contributed by atoms with Crippen LogP contribution in [0.5, 0.6) is 0 Å². The van der Waals surface area contributed by atoms with Crippen LogP contribution in [0.15, 0.2) is 131 Å². The molecule has 2 fully saturated rings. The largest absolute Gasteiger partial charge is 0.444 e. The number of ether oxygens (including phenoxy) is 2. The Kier molecular flexibility index (Phi) is 26.9. The Morgan fingerprint density at radius 3 is 1.47 bits per heavy atom. The number of nitrogens with zero attached hydrogens (tertiary/aromatic N) is 6. The Morgan fingerprint density at radius 1 is 0.598 bits per heavy atom. The van der Waals surface area contributed by atoms with E-state index in [0.717, 1.165) is 97.2 Å². The van der Waals surface area contributed by atoms with Crippen molar-refractivity contribution < 1.29 is 62.2 Å². The highest BCUT2D eigenvalue weighted by Gasteiger charge is 2.43. The number of fused-ring (bicyclic) bond motifs is 4. The van der Waals surface area contributed by atoms with Gasteiger partial charge in [-0.25, -0.2) is 9.59 Å². The SMILES string of the molecule is CC[C@@H](C)NC(=O)OC(C)(C)C.CC[C@@](C)(NC(=O)OC(C)(C)C)C(=O)N[C@H](Cc1cn(C)c2ccccc12)C(=O)CC1Cc2cccc(N3CCCC3=O)c2N(Cc2ccsc2)C1=O.Cn1cc(C[C@@H](N)C(=O)CC2Cc3cccc(N4CCCC4=O)c3N(Cc3ccsc3)C2=O)c2ccccc21.O=C=O. The van der Waals surface area contributed by atoms with Crippen molar-refractivity contribution in [3.63, 3.8) is 0 Å². The number of nitrogens with two attached hydrogens (primary N) is 1.